The molecule has 7 nitrogen and oxygen atoms in total. The van der Waals surface area contributed by atoms with Crippen molar-refractivity contribution in [3.05, 3.63) is 23.8 Å². The summed E-state index contributed by atoms with van der Waals surface area (Å²) in [6.07, 6.45) is 0.885. The van der Waals surface area contributed by atoms with Gasteiger partial charge in [0.1, 0.15) is 0 Å². The first-order chi connectivity index (χ1) is 9.76. The fraction of sp³-hybridized carbons (Fsp3) is 0.385. The van der Waals surface area contributed by atoms with Crippen LogP contribution in [-0.4, -0.2) is 42.6 Å². The maximum atomic E-state index is 5.37. The third kappa shape index (κ3) is 2.47. The highest BCUT2D eigenvalue weighted by molar-refractivity contribution is 5.45. The summed E-state index contributed by atoms with van der Waals surface area (Å²) in [5.41, 5.74) is 1.20. The van der Waals surface area contributed by atoms with Gasteiger partial charge in [0.05, 0.1) is 0 Å². The van der Waals surface area contributed by atoms with Gasteiger partial charge >= 0.3 is 0 Å². The van der Waals surface area contributed by atoms with Gasteiger partial charge in [0.25, 0.3) is 0 Å². The average Bonchev–Trinajstić information content (AvgIpc) is 3.12. The molecule has 0 spiro atoms. The Hall–Kier alpha value is -2.44. The van der Waals surface area contributed by atoms with Crippen LogP contribution < -0.4 is 19.7 Å². The van der Waals surface area contributed by atoms with Crippen molar-refractivity contribution in [2.24, 2.45) is 0 Å². The van der Waals surface area contributed by atoms with E-state index in [2.05, 4.69) is 26.6 Å². The summed E-state index contributed by atoms with van der Waals surface area (Å²) >= 11 is 0. The Bertz CT molecular complexity index is 598. The molecule has 3 rings (SSSR count). The quantitative estimate of drug-likeness (QED) is 0.855. The van der Waals surface area contributed by atoms with Crippen molar-refractivity contribution in [3.63, 3.8) is 0 Å². The second-order valence-electron chi connectivity index (χ2n) is 4.59. The topological polar surface area (TPSA) is 75.3 Å². The molecule has 1 aliphatic rings. The number of nitrogens with one attached hydrogen (secondary N) is 2. The van der Waals surface area contributed by atoms with Crippen LogP contribution in [0.5, 0.6) is 11.5 Å². The zero-order chi connectivity index (χ0) is 13.9. The highest BCUT2D eigenvalue weighted by Gasteiger charge is 2.14. The van der Waals surface area contributed by atoms with Gasteiger partial charge in [-0.15, -0.1) is 5.10 Å². The zero-order valence-electron chi connectivity index (χ0n) is 11.5. The first kappa shape index (κ1) is 12.6. The Labute approximate surface area is 116 Å². The van der Waals surface area contributed by atoms with Crippen LogP contribution in [0.1, 0.15) is 5.56 Å². The van der Waals surface area contributed by atoms with Crippen molar-refractivity contribution in [3.8, 4) is 11.5 Å². The lowest BCUT2D eigenvalue weighted by molar-refractivity contribution is 0.174. The van der Waals surface area contributed by atoms with Gasteiger partial charge in [-0.25, -0.2) is 5.10 Å². The molecule has 2 heterocycles. The molecule has 0 fully saturated rings. The molecule has 0 saturated carbocycles. The minimum Gasteiger partial charge on any atom is -0.454 e. The number of benzene rings is 1. The van der Waals surface area contributed by atoms with Crippen molar-refractivity contribution in [2.75, 3.05) is 37.6 Å². The number of hydrogen-bond acceptors (Lipinski definition) is 6. The number of anilines is 2. The highest BCUT2D eigenvalue weighted by Crippen LogP contribution is 2.32. The van der Waals surface area contributed by atoms with E-state index in [9.17, 15) is 0 Å². The molecule has 106 valence electrons. The number of hydrogen-bond donors (Lipinski definition) is 2. The van der Waals surface area contributed by atoms with Gasteiger partial charge in [-0.1, -0.05) is 6.07 Å². The summed E-state index contributed by atoms with van der Waals surface area (Å²) in [5.74, 6) is 2.97. The van der Waals surface area contributed by atoms with Gasteiger partial charge < -0.3 is 19.7 Å². The van der Waals surface area contributed by atoms with Crippen LogP contribution in [0.3, 0.4) is 0 Å². The Morgan fingerprint density at radius 2 is 2.20 bits per heavy atom. The summed E-state index contributed by atoms with van der Waals surface area (Å²) in [5, 5.41) is 9.88. The normalized spacial score (nSPS) is 12.5. The van der Waals surface area contributed by atoms with Crippen LogP contribution in [0.15, 0.2) is 18.2 Å². The van der Waals surface area contributed by atoms with Crippen molar-refractivity contribution in [1.82, 2.24) is 15.2 Å². The fourth-order valence-corrected chi connectivity index (χ4v) is 2.03. The number of nitrogens with zero attached hydrogens (tertiary/aromatic N) is 3. The molecule has 0 aliphatic carbocycles. The van der Waals surface area contributed by atoms with E-state index in [1.807, 2.05) is 24.1 Å². The van der Waals surface area contributed by atoms with Gasteiger partial charge in [-0.05, 0) is 24.1 Å². The van der Waals surface area contributed by atoms with E-state index in [1.54, 1.807) is 7.05 Å². The Kier molecular flexibility index (Phi) is 3.32. The van der Waals surface area contributed by atoms with E-state index in [0.717, 1.165) is 24.5 Å². The molecule has 0 radical (unpaired) electrons. The Morgan fingerprint density at radius 3 is 3.00 bits per heavy atom. The third-order valence-corrected chi connectivity index (χ3v) is 3.22. The molecule has 0 bridgehead atoms. The van der Waals surface area contributed by atoms with E-state index >= 15 is 0 Å². The zero-order valence-corrected chi connectivity index (χ0v) is 11.5. The van der Waals surface area contributed by atoms with Crippen molar-refractivity contribution in [1.29, 1.82) is 0 Å². The largest absolute Gasteiger partial charge is 0.454 e. The number of rotatable bonds is 5. The molecule has 1 aromatic heterocycles. The standard InChI is InChI=1S/C13H17N5O2/c1-14-12-15-13(17-16-12)18(2)6-5-9-3-4-10-11(7-9)20-8-19-10/h3-4,7H,5-6,8H2,1-2H3,(H2,14,15,16,17). The molecule has 0 unspecified atom stereocenters. The Morgan fingerprint density at radius 1 is 1.35 bits per heavy atom. The summed E-state index contributed by atoms with van der Waals surface area (Å²) in [6, 6.07) is 6.02. The maximum Gasteiger partial charge on any atom is 0.246 e. The number of fused-ring (bicyclic) bond motifs is 1. The van der Waals surface area contributed by atoms with Crippen molar-refractivity contribution in [2.45, 2.75) is 6.42 Å². The monoisotopic (exact) mass is 275 g/mol. The minimum atomic E-state index is 0.308. The lowest BCUT2D eigenvalue weighted by Gasteiger charge is -2.14. The SMILES string of the molecule is CNc1nc(N(C)CCc2ccc3c(c2)OCO3)n[nH]1. The number of likely N-dealkylation sites (N-methyl/N-ethyl adjacent to an activating group) is 1. The first-order valence-corrected chi connectivity index (χ1v) is 6.46. The number of aromatic nitrogens is 3. The van der Waals surface area contributed by atoms with E-state index in [4.69, 9.17) is 9.47 Å². The van der Waals surface area contributed by atoms with Gasteiger partial charge in [-0.2, -0.15) is 4.98 Å². The van der Waals surface area contributed by atoms with Crippen LogP contribution >= 0.6 is 0 Å². The van der Waals surface area contributed by atoms with Crippen LogP contribution in [0, 0.1) is 0 Å². The molecule has 1 aromatic carbocycles. The average molecular weight is 275 g/mol. The second-order valence-corrected chi connectivity index (χ2v) is 4.59. The first-order valence-electron chi connectivity index (χ1n) is 6.46. The van der Waals surface area contributed by atoms with Crippen LogP contribution in [0.4, 0.5) is 11.9 Å². The molecule has 2 N–H and O–H groups in total. The van der Waals surface area contributed by atoms with Crippen LogP contribution in [0.25, 0.3) is 0 Å². The van der Waals surface area contributed by atoms with Crippen LogP contribution in [-0.2, 0) is 6.42 Å². The third-order valence-electron chi connectivity index (χ3n) is 3.22. The van der Waals surface area contributed by atoms with Gasteiger partial charge in [0.15, 0.2) is 11.5 Å². The summed E-state index contributed by atoms with van der Waals surface area (Å²) in [6.45, 7) is 1.13. The van der Waals surface area contributed by atoms with Gasteiger partial charge in [0, 0.05) is 20.6 Å². The smallest absolute Gasteiger partial charge is 0.246 e. The van der Waals surface area contributed by atoms with E-state index < -0.39 is 0 Å². The summed E-state index contributed by atoms with van der Waals surface area (Å²) in [7, 11) is 3.77. The molecule has 0 saturated heterocycles. The fourth-order valence-electron chi connectivity index (χ4n) is 2.03. The van der Waals surface area contributed by atoms with Crippen molar-refractivity contribution < 1.29 is 9.47 Å². The van der Waals surface area contributed by atoms with Gasteiger partial charge in [0.2, 0.25) is 18.7 Å². The molecule has 1 aliphatic heterocycles. The molecule has 0 atom stereocenters. The molecule has 0 amide bonds. The Balaban J connectivity index is 1.61. The summed E-state index contributed by atoms with van der Waals surface area (Å²) in [4.78, 5) is 6.30. The van der Waals surface area contributed by atoms with Gasteiger partial charge in [-0.3, -0.25) is 0 Å². The number of H-pyrrole nitrogens is 1. The lowest BCUT2D eigenvalue weighted by Crippen LogP contribution is -2.21. The summed E-state index contributed by atoms with van der Waals surface area (Å²) < 4.78 is 10.7. The molecular formula is C13H17N5O2. The predicted molar refractivity (Wildman–Crippen MR) is 75.5 cm³/mol. The molecular weight excluding hydrogens is 258 g/mol. The lowest BCUT2D eigenvalue weighted by atomic mass is 10.1. The van der Waals surface area contributed by atoms with Crippen molar-refractivity contribution >= 4 is 11.9 Å². The van der Waals surface area contributed by atoms with E-state index in [0.29, 0.717) is 18.7 Å². The maximum absolute atomic E-state index is 5.37. The van der Waals surface area contributed by atoms with E-state index in [-0.39, 0.29) is 0 Å². The molecule has 7 heteroatoms. The highest BCUT2D eigenvalue weighted by atomic mass is 16.7. The number of aromatic amines is 1. The second kappa shape index (κ2) is 5.28. The molecule has 20 heavy (non-hydrogen) atoms. The van der Waals surface area contributed by atoms with Crippen LogP contribution in [0.2, 0.25) is 0 Å². The molecule has 2 aromatic rings. The van der Waals surface area contributed by atoms with E-state index in [1.165, 1.54) is 5.56 Å². The minimum absolute atomic E-state index is 0.308. The number of ether oxygens (including phenoxy) is 2. The predicted octanol–water partition coefficient (Wildman–Crippen LogP) is 1.25.